The second-order valence-electron chi connectivity index (χ2n) is 4.04. The van der Waals surface area contributed by atoms with Crippen LogP contribution in [0.4, 0.5) is 0 Å². The van der Waals surface area contributed by atoms with Crippen LogP contribution in [0.1, 0.15) is 29.8 Å². The molecule has 0 N–H and O–H groups in total. The lowest BCUT2D eigenvalue weighted by Crippen LogP contribution is -2.19. The van der Waals surface area contributed by atoms with Crippen molar-refractivity contribution in [2.75, 3.05) is 13.2 Å². The van der Waals surface area contributed by atoms with Crippen molar-refractivity contribution in [3.05, 3.63) is 29.0 Å². The maximum absolute atomic E-state index is 11.9. The van der Waals surface area contributed by atoms with Crippen LogP contribution in [0.2, 0.25) is 5.02 Å². The Morgan fingerprint density at radius 3 is 2.81 bits per heavy atom. The van der Waals surface area contributed by atoms with Crippen molar-refractivity contribution in [2.24, 2.45) is 5.92 Å². The first-order valence-corrected chi connectivity index (χ1v) is 5.86. The van der Waals surface area contributed by atoms with Gasteiger partial charge in [0.25, 0.3) is 0 Å². The Labute approximate surface area is 99.8 Å². The Kier molecular flexibility index (Phi) is 3.91. The number of hydrogen-bond acceptors (Lipinski definition) is 3. The smallest absolute Gasteiger partial charge is 0.181 e. The van der Waals surface area contributed by atoms with E-state index in [1.807, 2.05) is 0 Å². The van der Waals surface area contributed by atoms with Gasteiger partial charge in [0.1, 0.15) is 5.69 Å². The Hall–Kier alpha value is -0.930. The van der Waals surface area contributed by atoms with E-state index in [4.69, 9.17) is 16.3 Å². The molecule has 1 saturated heterocycles. The molecule has 0 radical (unpaired) electrons. The molecule has 1 aromatic heterocycles. The number of ketones is 1. The van der Waals surface area contributed by atoms with Gasteiger partial charge >= 0.3 is 0 Å². The lowest BCUT2D eigenvalue weighted by atomic mass is 9.93. The molecule has 0 spiro atoms. The Bertz CT molecular complexity index is 358. The molecular formula is C12H14ClNO2. The minimum Gasteiger partial charge on any atom is -0.381 e. The SMILES string of the molecule is O=C(CC1CCOCC1)c1ccc(Cl)cn1. The normalized spacial score (nSPS) is 17.3. The van der Waals surface area contributed by atoms with Crippen molar-refractivity contribution in [3.63, 3.8) is 0 Å². The largest absolute Gasteiger partial charge is 0.381 e. The number of carbonyl (C=O) groups is 1. The minimum absolute atomic E-state index is 0.101. The zero-order valence-electron chi connectivity index (χ0n) is 8.99. The molecule has 0 aromatic carbocycles. The summed E-state index contributed by atoms with van der Waals surface area (Å²) in [5.74, 6) is 0.544. The summed E-state index contributed by atoms with van der Waals surface area (Å²) in [6, 6.07) is 3.38. The maximum atomic E-state index is 11.9. The first-order chi connectivity index (χ1) is 7.75. The number of rotatable bonds is 3. The van der Waals surface area contributed by atoms with Gasteiger partial charge in [-0.3, -0.25) is 9.78 Å². The molecular weight excluding hydrogens is 226 g/mol. The zero-order valence-corrected chi connectivity index (χ0v) is 9.74. The van der Waals surface area contributed by atoms with Gasteiger partial charge in [0.15, 0.2) is 5.78 Å². The Morgan fingerprint density at radius 1 is 1.44 bits per heavy atom. The van der Waals surface area contributed by atoms with Crippen LogP contribution >= 0.6 is 11.6 Å². The van der Waals surface area contributed by atoms with Gasteiger partial charge in [-0.15, -0.1) is 0 Å². The van der Waals surface area contributed by atoms with Crippen LogP contribution in [0.3, 0.4) is 0 Å². The summed E-state index contributed by atoms with van der Waals surface area (Å²) in [4.78, 5) is 15.9. The molecule has 0 unspecified atom stereocenters. The summed E-state index contributed by atoms with van der Waals surface area (Å²) in [5, 5.41) is 0.558. The average Bonchev–Trinajstić information content (AvgIpc) is 2.31. The van der Waals surface area contributed by atoms with E-state index in [2.05, 4.69) is 4.98 Å². The highest BCUT2D eigenvalue weighted by Crippen LogP contribution is 2.20. The summed E-state index contributed by atoms with van der Waals surface area (Å²) in [6.45, 7) is 1.54. The van der Waals surface area contributed by atoms with Gasteiger partial charge in [0.05, 0.1) is 5.02 Å². The number of carbonyl (C=O) groups excluding carboxylic acids is 1. The van der Waals surface area contributed by atoms with E-state index in [9.17, 15) is 4.79 Å². The molecule has 3 nitrogen and oxygen atoms in total. The number of halogens is 1. The molecule has 1 aliphatic heterocycles. The van der Waals surface area contributed by atoms with Gasteiger partial charge in [0.2, 0.25) is 0 Å². The van der Waals surface area contributed by atoms with Crippen molar-refractivity contribution in [3.8, 4) is 0 Å². The summed E-state index contributed by atoms with van der Waals surface area (Å²) in [6.07, 6.45) is 4.02. The van der Waals surface area contributed by atoms with Crippen molar-refractivity contribution < 1.29 is 9.53 Å². The molecule has 0 aliphatic carbocycles. The van der Waals surface area contributed by atoms with Crippen LogP contribution in [-0.2, 0) is 4.74 Å². The number of nitrogens with zero attached hydrogens (tertiary/aromatic N) is 1. The molecule has 0 atom stereocenters. The predicted octanol–water partition coefficient (Wildman–Crippen LogP) is 2.73. The van der Waals surface area contributed by atoms with Gasteiger partial charge in [-0.25, -0.2) is 0 Å². The molecule has 0 bridgehead atoms. The number of hydrogen-bond donors (Lipinski definition) is 0. The fourth-order valence-corrected chi connectivity index (χ4v) is 1.97. The number of ether oxygens (including phenoxy) is 1. The molecule has 0 saturated carbocycles. The van der Waals surface area contributed by atoms with E-state index in [0.717, 1.165) is 26.1 Å². The highest BCUT2D eigenvalue weighted by molar-refractivity contribution is 6.30. The molecule has 4 heteroatoms. The molecule has 2 heterocycles. The van der Waals surface area contributed by atoms with Crippen molar-refractivity contribution in [2.45, 2.75) is 19.3 Å². The van der Waals surface area contributed by atoms with Crippen LogP contribution in [-0.4, -0.2) is 24.0 Å². The van der Waals surface area contributed by atoms with Crippen LogP contribution in [0.15, 0.2) is 18.3 Å². The second kappa shape index (κ2) is 5.41. The summed E-state index contributed by atoms with van der Waals surface area (Å²) in [7, 11) is 0. The van der Waals surface area contributed by atoms with Crippen molar-refractivity contribution in [1.29, 1.82) is 0 Å². The molecule has 0 amide bonds. The van der Waals surface area contributed by atoms with Crippen LogP contribution in [0.25, 0.3) is 0 Å². The first kappa shape index (κ1) is 11.6. The van der Waals surface area contributed by atoms with Gasteiger partial charge < -0.3 is 4.74 Å². The molecule has 1 aliphatic rings. The van der Waals surface area contributed by atoms with E-state index in [1.54, 1.807) is 12.1 Å². The van der Waals surface area contributed by atoms with Gasteiger partial charge in [-0.2, -0.15) is 0 Å². The van der Waals surface area contributed by atoms with E-state index < -0.39 is 0 Å². The monoisotopic (exact) mass is 239 g/mol. The zero-order chi connectivity index (χ0) is 11.4. The third-order valence-corrected chi connectivity index (χ3v) is 3.05. The molecule has 1 aromatic rings. The standard InChI is InChI=1S/C12H14ClNO2/c13-10-1-2-11(14-8-10)12(15)7-9-3-5-16-6-4-9/h1-2,8-9H,3-7H2. The minimum atomic E-state index is 0.101. The van der Waals surface area contributed by atoms with Crippen molar-refractivity contribution >= 4 is 17.4 Å². The van der Waals surface area contributed by atoms with Crippen molar-refractivity contribution in [1.82, 2.24) is 4.98 Å². The third kappa shape index (κ3) is 3.03. The number of Topliss-reactive ketones (excluding diaryl/α,β-unsaturated/α-hetero) is 1. The molecule has 1 fully saturated rings. The summed E-state index contributed by atoms with van der Waals surface area (Å²) >= 11 is 5.72. The third-order valence-electron chi connectivity index (χ3n) is 2.83. The van der Waals surface area contributed by atoms with E-state index in [1.165, 1.54) is 6.20 Å². The second-order valence-corrected chi connectivity index (χ2v) is 4.48. The number of aromatic nitrogens is 1. The van der Waals surface area contributed by atoms with E-state index >= 15 is 0 Å². The lowest BCUT2D eigenvalue weighted by molar-refractivity contribution is 0.0599. The van der Waals surface area contributed by atoms with Gasteiger partial charge in [-0.05, 0) is 30.9 Å². The summed E-state index contributed by atoms with van der Waals surface area (Å²) in [5.41, 5.74) is 0.510. The van der Waals surface area contributed by atoms with Crippen LogP contribution < -0.4 is 0 Å². The highest BCUT2D eigenvalue weighted by atomic mass is 35.5. The van der Waals surface area contributed by atoms with Gasteiger partial charge in [0, 0.05) is 25.8 Å². The Balaban J connectivity index is 1.94. The van der Waals surface area contributed by atoms with Crippen LogP contribution in [0, 0.1) is 5.92 Å². The van der Waals surface area contributed by atoms with E-state index in [-0.39, 0.29) is 5.78 Å². The Morgan fingerprint density at radius 2 is 2.19 bits per heavy atom. The fraction of sp³-hybridized carbons (Fsp3) is 0.500. The fourth-order valence-electron chi connectivity index (χ4n) is 1.86. The first-order valence-electron chi connectivity index (χ1n) is 5.48. The topological polar surface area (TPSA) is 39.2 Å². The number of pyridine rings is 1. The predicted molar refractivity (Wildman–Crippen MR) is 61.7 cm³/mol. The molecule has 2 rings (SSSR count). The van der Waals surface area contributed by atoms with E-state index in [0.29, 0.717) is 23.1 Å². The molecule has 16 heavy (non-hydrogen) atoms. The highest BCUT2D eigenvalue weighted by Gasteiger charge is 2.18. The summed E-state index contributed by atoms with van der Waals surface area (Å²) < 4.78 is 5.26. The lowest BCUT2D eigenvalue weighted by Gasteiger charge is -2.20. The average molecular weight is 240 g/mol. The van der Waals surface area contributed by atoms with Gasteiger partial charge in [-0.1, -0.05) is 11.6 Å². The maximum Gasteiger partial charge on any atom is 0.181 e. The van der Waals surface area contributed by atoms with Crippen LogP contribution in [0.5, 0.6) is 0 Å². The quantitative estimate of drug-likeness (QED) is 0.762. The molecule has 86 valence electrons.